The van der Waals surface area contributed by atoms with Crippen molar-refractivity contribution in [3.8, 4) is 0 Å². The summed E-state index contributed by atoms with van der Waals surface area (Å²) in [7, 11) is 0. The third-order valence-electron chi connectivity index (χ3n) is 3.79. The Labute approximate surface area is 128 Å². The van der Waals surface area contributed by atoms with Gasteiger partial charge in [-0.25, -0.2) is 0 Å². The fraction of sp³-hybridized carbons (Fsp3) is 0.312. The van der Waals surface area contributed by atoms with Gasteiger partial charge in [-0.2, -0.15) is 5.10 Å². The summed E-state index contributed by atoms with van der Waals surface area (Å²) in [5.41, 5.74) is 2.59. The second kappa shape index (κ2) is 5.63. The molecule has 1 aromatic heterocycles. The molecule has 1 unspecified atom stereocenters. The molecule has 2 heterocycles. The molecule has 1 atom stereocenters. The fourth-order valence-corrected chi connectivity index (χ4v) is 2.69. The zero-order chi connectivity index (χ0) is 15.7. The van der Waals surface area contributed by atoms with Crippen LogP contribution in [-0.2, 0) is 17.8 Å². The van der Waals surface area contributed by atoms with E-state index in [1.807, 2.05) is 37.3 Å². The number of benzene rings is 1. The van der Waals surface area contributed by atoms with E-state index in [1.54, 1.807) is 11.6 Å². The van der Waals surface area contributed by atoms with E-state index in [1.165, 1.54) is 0 Å². The highest BCUT2D eigenvalue weighted by Gasteiger charge is 2.32. The molecular formula is C16H18N4O2. The first-order chi connectivity index (χ1) is 10.6. The standard InChI is InChI=1S/C16H18N4O2/c1-3-20-14-13(10(2)19-20)18-15(21)12(17-16(14)22)9-11-7-5-4-6-8-11/h4-8,12H,3,9H2,1-2H3,(H,17,22)(H,18,21). The van der Waals surface area contributed by atoms with Gasteiger partial charge in [-0.1, -0.05) is 30.3 Å². The molecule has 6 heteroatoms. The maximum atomic E-state index is 12.5. The summed E-state index contributed by atoms with van der Waals surface area (Å²) in [6.07, 6.45) is 0.460. The molecule has 2 aromatic rings. The Morgan fingerprint density at radius 1 is 1.23 bits per heavy atom. The Kier molecular flexibility index (Phi) is 3.66. The lowest BCUT2D eigenvalue weighted by molar-refractivity contribution is -0.117. The summed E-state index contributed by atoms with van der Waals surface area (Å²) < 4.78 is 1.62. The number of aryl methyl sites for hydroxylation is 2. The molecule has 0 fully saturated rings. The second-order valence-corrected chi connectivity index (χ2v) is 5.33. The monoisotopic (exact) mass is 298 g/mol. The van der Waals surface area contributed by atoms with Crippen LogP contribution >= 0.6 is 0 Å². The van der Waals surface area contributed by atoms with Crippen molar-refractivity contribution < 1.29 is 9.59 Å². The number of carbonyl (C=O) groups is 2. The smallest absolute Gasteiger partial charge is 0.272 e. The van der Waals surface area contributed by atoms with Crippen LogP contribution in [0, 0.1) is 6.92 Å². The number of fused-ring (bicyclic) bond motifs is 1. The average Bonchev–Trinajstić information content (AvgIpc) is 2.77. The maximum Gasteiger partial charge on any atom is 0.272 e. The van der Waals surface area contributed by atoms with Gasteiger partial charge in [-0.3, -0.25) is 14.3 Å². The number of rotatable bonds is 3. The van der Waals surface area contributed by atoms with Gasteiger partial charge in [-0.15, -0.1) is 0 Å². The highest BCUT2D eigenvalue weighted by atomic mass is 16.2. The first-order valence-corrected chi connectivity index (χ1v) is 7.33. The molecule has 1 aliphatic rings. The van der Waals surface area contributed by atoms with Gasteiger partial charge in [0, 0.05) is 13.0 Å². The van der Waals surface area contributed by atoms with Crippen LogP contribution in [0.2, 0.25) is 0 Å². The number of amides is 2. The number of nitrogens with zero attached hydrogens (tertiary/aromatic N) is 2. The van der Waals surface area contributed by atoms with Gasteiger partial charge in [0.25, 0.3) is 5.91 Å². The van der Waals surface area contributed by atoms with Crippen LogP contribution in [0.15, 0.2) is 30.3 Å². The Morgan fingerprint density at radius 3 is 2.64 bits per heavy atom. The zero-order valence-corrected chi connectivity index (χ0v) is 12.6. The number of hydrogen-bond donors (Lipinski definition) is 2. The molecule has 2 N–H and O–H groups in total. The molecule has 0 saturated carbocycles. The molecule has 1 aliphatic heterocycles. The van der Waals surface area contributed by atoms with Gasteiger partial charge < -0.3 is 10.6 Å². The van der Waals surface area contributed by atoms with E-state index in [-0.39, 0.29) is 11.8 Å². The van der Waals surface area contributed by atoms with Gasteiger partial charge in [0.15, 0.2) is 0 Å². The van der Waals surface area contributed by atoms with E-state index in [9.17, 15) is 9.59 Å². The summed E-state index contributed by atoms with van der Waals surface area (Å²) in [6, 6.07) is 9.04. The van der Waals surface area contributed by atoms with Crippen LogP contribution in [0.1, 0.15) is 28.7 Å². The van der Waals surface area contributed by atoms with Crippen molar-refractivity contribution in [2.45, 2.75) is 32.9 Å². The third kappa shape index (κ3) is 2.47. The molecule has 0 spiro atoms. The van der Waals surface area contributed by atoms with Crippen molar-refractivity contribution in [1.29, 1.82) is 0 Å². The quantitative estimate of drug-likeness (QED) is 0.901. The van der Waals surface area contributed by atoms with Crippen LogP contribution in [0.4, 0.5) is 5.69 Å². The minimum absolute atomic E-state index is 0.213. The molecule has 3 rings (SSSR count). The van der Waals surface area contributed by atoms with Crippen molar-refractivity contribution in [2.75, 3.05) is 5.32 Å². The lowest BCUT2D eigenvalue weighted by atomic mass is 10.1. The maximum absolute atomic E-state index is 12.5. The number of aromatic nitrogens is 2. The van der Waals surface area contributed by atoms with E-state index in [4.69, 9.17) is 0 Å². The molecular weight excluding hydrogens is 280 g/mol. The summed E-state index contributed by atoms with van der Waals surface area (Å²) in [4.78, 5) is 24.9. The lowest BCUT2D eigenvalue weighted by Gasteiger charge is -2.15. The number of anilines is 1. The highest BCUT2D eigenvalue weighted by molar-refractivity contribution is 6.09. The highest BCUT2D eigenvalue weighted by Crippen LogP contribution is 2.23. The van der Waals surface area contributed by atoms with Crippen molar-refractivity contribution in [3.05, 3.63) is 47.3 Å². The Bertz CT molecular complexity index is 721. The van der Waals surface area contributed by atoms with Gasteiger partial charge in [-0.05, 0) is 19.4 Å². The Balaban J connectivity index is 1.91. The number of nitrogens with one attached hydrogen (secondary N) is 2. The van der Waals surface area contributed by atoms with Gasteiger partial charge in [0.2, 0.25) is 5.91 Å². The summed E-state index contributed by atoms with van der Waals surface area (Å²) in [6.45, 7) is 4.27. The average molecular weight is 298 g/mol. The van der Waals surface area contributed by atoms with Gasteiger partial charge in [0.1, 0.15) is 11.7 Å². The lowest BCUT2D eigenvalue weighted by Crippen LogP contribution is -2.43. The minimum atomic E-state index is -0.591. The number of hydrogen-bond acceptors (Lipinski definition) is 3. The van der Waals surface area contributed by atoms with E-state index in [0.717, 1.165) is 5.56 Å². The molecule has 0 saturated heterocycles. The topological polar surface area (TPSA) is 76.0 Å². The normalized spacial score (nSPS) is 17.5. The van der Waals surface area contributed by atoms with Crippen LogP contribution in [0.25, 0.3) is 0 Å². The van der Waals surface area contributed by atoms with Crippen LogP contribution < -0.4 is 10.6 Å². The molecule has 1 aromatic carbocycles. The molecule has 2 amide bonds. The van der Waals surface area contributed by atoms with E-state index < -0.39 is 6.04 Å². The van der Waals surface area contributed by atoms with Gasteiger partial charge in [0.05, 0.1) is 11.4 Å². The van der Waals surface area contributed by atoms with Crippen molar-refractivity contribution in [1.82, 2.24) is 15.1 Å². The van der Waals surface area contributed by atoms with Crippen LogP contribution in [0.3, 0.4) is 0 Å². The van der Waals surface area contributed by atoms with Gasteiger partial charge >= 0.3 is 0 Å². The van der Waals surface area contributed by atoms with E-state index >= 15 is 0 Å². The summed E-state index contributed by atoms with van der Waals surface area (Å²) in [5.74, 6) is -0.480. The molecule has 0 aliphatic carbocycles. The Hall–Kier alpha value is -2.63. The first kappa shape index (κ1) is 14.3. The predicted molar refractivity (Wildman–Crippen MR) is 82.7 cm³/mol. The fourth-order valence-electron chi connectivity index (χ4n) is 2.69. The largest absolute Gasteiger partial charge is 0.338 e. The van der Waals surface area contributed by atoms with Crippen LogP contribution in [-0.4, -0.2) is 27.6 Å². The molecule has 22 heavy (non-hydrogen) atoms. The first-order valence-electron chi connectivity index (χ1n) is 7.33. The third-order valence-corrected chi connectivity index (χ3v) is 3.79. The van der Waals surface area contributed by atoms with E-state index in [2.05, 4.69) is 15.7 Å². The SMILES string of the molecule is CCn1nc(C)c2c1C(=O)NC(Cc1ccccc1)C(=O)N2. The Morgan fingerprint density at radius 2 is 1.95 bits per heavy atom. The predicted octanol–water partition coefficient (Wildman–Crippen LogP) is 1.50. The van der Waals surface area contributed by atoms with Crippen molar-refractivity contribution in [2.24, 2.45) is 0 Å². The van der Waals surface area contributed by atoms with Crippen LogP contribution in [0.5, 0.6) is 0 Å². The van der Waals surface area contributed by atoms with Crippen molar-refractivity contribution >= 4 is 17.5 Å². The second-order valence-electron chi connectivity index (χ2n) is 5.33. The summed E-state index contributed by atoms with van der Waals surface area (Å²) >= 11 is 0. The molecule has 6 nitrogen and oxygen atoms in total. The molecule has 0 bridgehead atoms. The zero-order valence-electron chi connectivity index (χ0n) is 12.6. The summed E-state index contributed by atoms with van der Waals surface area (Å²) in [5, 5.41) is 9.94. The minimum Gasteiger partial charge on any atom is -0.338 e. The molecule has 0 radical (unpaired) electrons. The van der Waals surface area contributed by atoms with E-state index in [0.29, 0.717) is 30.0 Å². The molecule has 114 valence electrons. The van der Waals surface area contributed by atoms with Crippen molar-refractivity contribution in [3.63, 3.8) is 0 Å². The number of carbonyl (C=O) groups excluding carboxylic acids is 2.